The quantitative estimate of drug-likeness (QED) is 0.425. The molecular formula is C14H11BrClN3O2S. The molecule has 2 rings (SSSR count). The summed E-state index contributed by atoms with van der Waals surface area (Å²) in [6, 6.07) is 10.1. The Kier molecular flexibility index (Phi) is 5.33. The van der Waals surface area contributed by atoms with Crippen LogP contribution in [0.5, 0.6) is 0 Å². The number of benzene rings is 2. The first-order valence-electron chi connectivity index (χ1n) is 6.15. The molecule has 0 radical (unpaired) electrons. The SMILES string of the molecule is Cc1c(NC(=S)Nc2ccc(Br)cc2Cl)cccc1[N+](=O)[O-]. The van der Waals surface area contributed by atoms with Crippen LogP contribution in [0.15, 0.2) is 40.9 Å². The Labute approximate surface area is 146 Å². The number of nitro benzene ring substituents is 1. The Morgan fingerprint density at radius 1 is 1.27 bits per heavy atom. The lowest BCUT2D eigenvalue weighted by molar-refractivity contribution is -0.385. The van der Waals surface area contributed by atoms with Gasteiger partial charge in [0.15, 0.2) is 5.11 Å². The molecule has 0 aromatic heterocycles. The van der Waals surface area contributed by atoms with Gasteiger partial charge in [-0.15, -0.1) is 0 Å². The molecule has 0 unspecified atom stereocenters. The van der Waals surface area contributed by atoms with Crippen molar-refractivity contribution in [1.82, 2.24) is 0 Å². The van der Waals surface area contributed by atoms with E-state index in [2.05, 4.69) is 26.6 Å². The second-order valence-corrected chi connectivity index (χ2v) is 6.14. The van der Waals surface area contributed by atoms with Gasteiger partial charge in [-0.3, -0.25) is 10.1 Å². The fourth-order valence-electron chi connectivity index (χ4n) is 1.82. The number of thiocarbonyl (C=S) groups is 1. The van der Waals surface area contributed by atoms with E-state index < -0.39 is 4.92 Å². The number of rotatable bonds is 3. The van der Waals surface area contributed by atoms with Gasteiger partial charge in [-0.25, -0.2) is 0 Å². The molecule has 22 heavy (non-hydrogen) atoms. The lowest BCUT2D eigenvalue weighted by atomic mass is 10.1. The summed E-state index contributed by atoms with van der Waals surface area (Å²) in [4.78, 5) is 10.5. The zero-order valence-electron chi connectivity index (χ0n) is 11.4. The molecule has 0 amide bonds. The van der Waals surface area contributed by atoms with Gasteiger partial charge in [-0.05, 0) is 43.4 Å². The minimum Gasteiger partial charge on any atom is -0.332 e. The highest BCUT2D eigenvalue weighted by Gasteiger charge is 2.14. The summed E-state index contributed by atoms with van der Waals surface area (Å²) in [6.45, 7) is 1.66. The predicted octanol–water partition coefficient (Wildman–Crippen LogP) is 5.13. The van der Waals surface area contributed by atoms with Crippen LogP contribution in [0.25, 0.3) is 0 Å². The summed E-state index contributed by atoms with van der Waals surface area (Å²) in [7, 11) is 0. The average molecular weight is 401 g/mol. The Hall–Kier alpha value is -1.70. The lowest BCUT2D eigenvalue weighted by Crippen LogP contribution is -2.20. The van der Waals surface area contributed by atoms with Crippen molar-refractivity contribution in [2.75, 3.05) is 10.6 Å². The standard InChI is InChI=1S/C14H11BrClN3O2S/c1-8-11(3-2-4-13(8)19(20)21)17-14(22)18-12-6-5-9(15)7-10(12)16/h2-7H,1H3,(H2,17,18,22). The summed E-state index contributed by atoms with van der Waals surface area (Å²) in [5.41, 5.74) is 1.76. The molecule has 2 aromatic carbocycles. The minimum atomic E-state index is -0.428. The van der Waals surface area contributed by atoms with Crippen LogP contribution in [0.4, 0.5) is 17.1 Å². The summed E-state index contributed by atoms with van der Waals surface area (Å²) in [5.74, 6) is 0. The Morgan fingerprint density at radius 2 is 1.95 bits per heavy atom. The zero-order chi connectivity index (χ0) is 16.3. The van der Waals surface area contributed by atoms with Gasteiger partial charge >= 0.3 is 0 Å². The number of hydrogen-bond acceptors (Lipinski definition) is 3. The van der Waals surface area contributed by atoms with E-state index in [1.807, 2.05) is 6.07 Å². The van der Waals surface area contributed by atoms with Crippen LogP contribution >= 0.6 is 39.7 Å². The topological polar surface area (TPSA) is 67.2 Å². The Morgan fingerprint density at radius 3 is 2.59 bits per heavy atom. The van der Waals surface area contributed by atoms with E-state index >= 15 is 0 Å². The molecule has 114 valence electrons. The molecule has 8 heteroatoms. The van der Waals surface area contributed by atoms with Crippen molar-refractivity contribution in [2.24, 2.45) is 0 Å². The largest absolute Gasteiger partial charge is 0.332 e. The smallest absolute Gasteiger partial charge is 0.274 e. The number of nitrogens with one attached hydrogen (secondary N) is 2. The van der Waals surface area contributed by atoms with Gasteiger partial charge in [0.25, 0.3) is 5.69 Å². The lowest BCUT2D eigenvalue weighted by Gasteiger charge is -2.13. The van der Waals surface area contributed by atoms with Crippen LogP contribution in [0, 0.1) is 17.0 Å². The second-order valence-electron chi connectivity index (χ2n) is 4.41. The third-order valence-corrected chi connectivity index (χ3v) is 3.94. The van der Waals surface area contributed by atoms with E-state index in [9.17, 15) is 10.1 Å². The summed E-state index contributed by atoms with van der Waals surface area (Å²) >= 11 is 14.6. The van der Waals surface area contributed by atoms with Crippen LogP contribution in [-0.2, 0) is 0 Å². The number of nitro groups is 1. The van der Waals surface area contributed by atoms with Crippen LogP contribution in [0.3, 0.4) is 0 Å². The molecule has 2 N–H and O–H groups in total. The van der Waals surface area contributed by atoms with Crippen molar-refractivity contribution in [3.63, 3.8) is 0 Å². The summed E-state index contributed by atoms with van der Waals surface area (Å²) in [5, 5.41) is 17.6. The molecule has 0 aliphatic carbocycles. The number of nitrogens with zero attached hydrogens (tertiary/aromatic N) is 1. The minimum absolute atomic E-state index is 0.0366. The van der Waals surface area contributed by atoms with Crippen LogP contribution in [0.1, 0.15) is 5.56 Å². The zero-order valence-corrected chi connectivity index (χ0v) is 14.6. The average Bonchev–Trinajstić information content (AvgIpc) is 2.44. The van der Waals surface area contributed by atoms with E-state index in [1.165, 1.54) is 6.07 Å². The third kappa shape index (κ3) is 3.94. The highest BCUT2D eigenvalue weighted by molar-refractivity contribution is 9.10. The van der Waals surface area contributed by atoms with Crippen LogP contribution < -0.4 is 10.6 Å². The Balaban J connectivity index is 2.16. The van der Waals surface area contributed by atoms with Gasteiger partial charge in [-0.1, -0.05) is 33.6 Å². The highest BCUT2D eigenvalue weighted by atomic mass is 79.9. The number of hydrogen-bond donors (Lipinski definition) is 2. The van der Waals surface area contributed by atoms with Crippen LogP contribution in [-0.4, -0.2) is 10.0 Å². The van der Waals surface area contributed by atoms with Crippen molar-refractivity contribution in [2.45, 2.75) is 6.92 Å². The van der Waals surface area contributed by atoms with Crippen molar-refractivity contribution in [3.8, 4) is 0 Å². The fourth-order valence-corrected chi connectivity index (χ4v) is 2.76. The van der Waals surface area contributed by atoms with E-state index in [1.54, 1.807) is 31.2 Å². The maximum Gasteiger partial charge on any atom is 0.274 e. The fraction of sp³-hybridized carbons (Fsp3) is 0.0714. The van der Waals surface area contributed by atoms with Gasteiger partial charge in [0.2, 0.25) is 0 Å². The first-order valence-corrected chi connectivity index (χ1v) is 7.73. The maximum atomic E-state index is 10.9. The molecule has 0 heterocycles. The molecule has 0 bridgehead atoms. The van der Waals surface area contributed by atoms with Gasteiger partial charge in [0, 0.05) is 10.5 Å². The molecule has 2 aromatic rings. The normalized spacial score (nSPS) is 10.1. The number of halogens is 2. The molecule has 0 saturated heterocycles. The summed E-state index contributed by atoms with van der Waals surface area (Å²) < 4.78 is 0.858. The predicted molar refractivity (Wildman–Crippen MR) is 96.8 cm³/mol. The van der Waals surface area contributed by atoms with E-state index in [-0.39, 0.29) is 5.69 Å². The first kappa shape index (κ1) is 16.7. The first-order chi connectivity index (χ1) is 10.4. The molecule has 0 spiro atoms. The third-order valence-electron chi connectivity index (χ3n) is 2.93. The molecule has 0 aliphatic rings. The second kappa shape index (κ2) is 7.04. The van der Waals surface area contributed by atoms with Gasteiger partial charge in [0.1, 0.15) is 0 Å². The highest BCUT2D eigenvalue weighted by Crippen LogP contribution is 2.27. The van der Waals surface area contributed by atoms with Crippen molar-refractivity contribution in [3.05, 3.63) is 61.6 Å². The van der Waals surface area contributed by atoms with E-state index in [4.69, 9.17) is 23.8 Å². The van der Waals surface area contributed by atoms with Gasteiger partial charge in [0.05, 0.1) is 26.9 Å². The summed E-state index contributed by atoms with van der Waals surface area (Å²) in [6.07, 6.45) is 0. The van der Waals surface area contributed by atoms with E-state index in [0.29, 0.717) is 27.1 Å². The molecule has 0 saturated carbocycles. The van der Waals surface area contributed by atoms with Crippen molar-refractivity contribution >= 4 is 61.9 Å². The Bertz CT molecular complexity index is 755. The van der Waals surface area contributed by atoms with Crippen LogP contribution in [0.2, 0.25) is 5.02 Å². The maximum absolute atomic E-state index is 10.9. The molecule has 5 nitrogen and oxygen atoms in total. The molecular weight excluding hydrogens is 390 g/mol. The van der Waals surface area contributed by atoms with Gasteiger partial charge < -0.3 is 10.6 Å². The number of anilines is 2. The monoisotopic (exact) mass is 399 g/mol. The molecule has 0 atom stereocenters. The van der Waals surface area contributed by atoms with E-state index in [0.717, 1.165) is 4.47 Å². The van der Waals surface area contributed by atoms with Gasteiger partial charge in [-0.2, -0.15) is 0 Å². The molecule has 0 fully saturated rings. The molecule has 0 aliphatic heterocycles. The van der Waals surface area contributed by atoms with Crippen molar-refractivity contribution < 1.29 is 4.92 Å². The van der Waals surface area contributed by atoms with Crippen molar-refractivity contribution in [1.29, 1.82) is 0 Å².